The molecule has 2 atom stereocenters. The molecule has 22 heavy (non-hydrogen) atoms. The third kappa shape index (κ3) is 3.27. The lowest BCUT2D eigenvalue weighted by Crippen LogP contribution is -2.62. The first-order chi connectivity index (χ1) is 10.2. The maximum absolute atomic E-state index is 12.3. The summed E-state index contributed by atoms with van der Waals surface area (Å²) < 4.78 is 5.83. The number of nitro groups is 1. The fourth-order valence-electron chi connectivity index (χ4n) is 2.69. The summed E-state index contributed by atoms with van der Waals surface area (Å²) in [7, 11) is 0. The van der Waals surface area contributed by atoms with Crippen LogP contribution in [0, 0.1) is 15.5 Å². The summed E-state index contributed by atoms with van der Waals surface area (Å²) >= 11 is 0. The number of hydrogen-bond acceptors (Lipinski definition) is 4. The molecule has 1 fully saturated rings. The van der Waals surface area contributed by atoms with Crippen LogP contribution in [0.1, 0.15) is 44.5 Å². The molecule has 0 aliphatic heterocycles. The maximum Gasteiger partial charge on any atom is 0.270 e. The second-order valence-corrected chi connectivity index (χ2v) is 6.56. The molecule has 6 heteroatoms. The number of non-ortho nitro benzene ring substituents is 1. The van der Waals surface area contributed by atoms with Crippen molar-refractivity contribution in [1.82, 2.24) is 5.32 Å². The van der Waals surface area contributed by atoms with Crippen LogP contribution >= 0.6 is 0 Å². The van der Waals surface area contributed by atoms with Gasteiger partial charge in [-0.25, -0.2) is 0 Å². The Labute approximate surface area is 130 Å². The van der Waals surface area contributed by atoms with E-state index in [1.807, 2.05) is 13.8 Å². The summed E-state index contributed by atoms with van der Waals surface area (Å²) in [6, 6.07) is 5.77. The topological polar surface area (TPSA) is 81.5 Å². The van der Waals surface area contributed by atoms with Crippen LogP contribution in [0.2, 0.25) is 0 Å². The molecule has 0 bridgehead atoms. The van der Waals surface area contributed by atoms with Crippen LogP contribution in [-0.2, 0) is 4.74 Å². The number of nitrogens with one attached hydrogen (secondary N) is 1. The number of hydrogen-bond donors (Lipinski definition) is 1. The first kappa shape index (κ1) is 16.4. The Balaban J connectivity index is 2.02. The zero-order valence-corrected chi connectivity index (χ0v) is 13.3. The number of rotatable bonds is 5. The Kier molecular flexibility index (Phi) is 4.51. The van der Waals surface area contributed by atoms with E-state index in [0.717, 1.165) is 6.42 Å². The molecule has 6 nitrogen and oxygen atoms in total. The van der Waals surface area contributed by atoms with Gasteiger partial charge in [-0.3, -0.25) is 14.9 Å². The molecule has 0 saturated heterocycles. The van der Waals surface area contributed by atoms with Gasteiger partial charge in [0, 0.05) is 29.2 Å². The van der Waals surface area contributed by atoms with Gasteiger partial charge in [-0.2, -0.15) is 0 Å². The molecule has 1 aromatic rings. The zero-order valence-electron chi connectivity index (χ0n) is 13.3. The Bertz CT molecular complexity index is 583. The third-order valence-electron chi connectivity index (χ3n) is 4.24. The van der Waals surface area contributed by atoms with E-state index >= 15 is 0 Å². The highest BCUT2D eigenvalue weighted by Gasteiger charge is 2.50. The first-order valence-electron chi connectivity index (χ1n) is 7.42. The molecular weight excluding hydrogens is 284 g/mol. The summed E-state index contributed by atoms with van der Waals surface area (Å²) in [5.41, 5.74) is 0.0699. The number of carbonyl (C=O) groups is 1. The summed E-state index contributed by atoms with van der Waals surface area (Å²) in [6.45, 7) is 8.10. The largest absolute Gasteiger partial charge is 0.375 e. The van der Waals surface area contributed by atoms with E-state index < -0.39 is 4.92 Å². The van der Waals surface area contributed by atoms with Gasteiger partial charge < -0.3 is 10.1 Å². The monoisotopic (exact) mass is 306 g/mol. The number of benzene rings is 1. The van der Waals surface area contributed by atoms with Crippen molar-refractivity contribution in [2.75, 3.05) is 0 Å². The Hall–Kier alpha value is -1.95. The molecule has 1 N–H and O–H groups in total. The molecule has 0 heterocycles. The Morgan fingerprint density at radius 1 is 1.45 bits per heavy atom. The van der Waals surface area contributed by atoms with E-state index in [4.69, 9.17) is 4.74 Å². The lowest BCUT2D eigenvalue weighted by Gasteiger charge is -2.52. The van der Waals surface area contributed by atoms with E-state index in [1.54, 1.807) is 6.07 Å². The smallest absolute Gasteiger partial charge is 0.270 e. The molecular formula is C16H22N2O4. The molecule has 1 saturated carbocycles. The van der Waals surface area contributed by atoms with Gasteiger partial charge in [-0.05, 0) is 26.3 Å². The van der Waals surface area contributed by atoms with Gasteiger partial charge in [0.25, 0.3) is 11.6 Å². The van der Waals surface area contributed by atoms with Gasteiger partial charge in [-0.15, -0.1) is 0 Å². The van der Waals surface area contributed by atoms with Crippen LogP contribution < -0.4 is 5.32 Å². The second kappa shape index (κ2) is 6.04. The van der Waals surface area contributed by atoms with E-state index in [1.165, 1.54) is 18.2 Å². The molecule has 120 valence electrons. The van der Waals surface area contributed by atoms with Crippen molar-refractivity contribution in [1.29, 1.82) is 0 Å². The van der Waals surface area contributed by atoms with E-state index in [2.05, 4.69) is 19.2 Å². The van der Waals surface area contributed by atoms with Crippen LogP contribution in [0.15, 0.2) is 24.3 Å². The average Bonchev–Trinajstić information content (AvgIpc) is 2.45. The van der Waals surface area contributed by atoms with Gasteiger partial charge in [-0.1, -0.05) is 19.9 Å². The first-order valence-corrected chi connectivity index (χ1v) is 7.42. The average molecular weight is 306 g/mol. The van der Waals surface area contributed by atoms with E-state index in [-0.39, 0.29) is 35.3 Å². The zero-order chi connectivity index (χ0) is 16.5. The SMILES string of the molecule is CC(C)O[C@@H]1C[C@@H](NC(=O)c2cccc([N+](=O)[O-])c2)C1(C)C. The molecule has 1 aromatic carbocycles. The Morgan fingerprint density at radius 2 is 2.14 bits per heavy atom. The fourth-order valence-corrected chi connectivity index (χ4v) is 2.69. The molecule has 1 amide bonds. The minimum absolute atomic E-state index is 0.00279. The van der Waals surface area contributed by atoms with Crippen molar-refractivity contribution in [3.05, 3.63) is 39.9 Å². The highest BCUT2D eigenvalue weighted by atomic mass is 16.6. The third-order valence-corrected chi connectivity index (χ3v) is 4.24. The Morgan fingerprint density at radius 3 is 2.68 bits per heavy atom. The number of ether oxygens (including phenoxy) is 1. The highest BCUT2D eigenvalue weighted by Crippen LogP contribution is 2.43. The van der Waals surface area contributed by atoms with Crippen molar-refractivity contribution in [3.63, 3.8) is 0 Å². The van der Waals surface area contributed by atoms with Crippen LogP contribution in [0.5, 0.6) is 0 Å². The molecule has 0 unspecified atom stereocenters. The van der Waals surface area contributed by atoms with E-state index in [0.29, 0.717) is 5.56 Å². The van der Waals surface area contributed by atoms with Gasteiger partial charge in [0.1, 0.15) is 0 Å². The molecule has 0 aromatic heterocycles. The van der Waals surface area contributed by atoms with Crippen LogP contribution in [0.25, 0.3) is 0 Å². The minimum Gasteiger partial charge on any atom is -0.375 e. The van der Waals surface area contributed by atoms with Crippen LogP contribution in [0.3, 0.4) is 0 Å². The molecule has 0 spiro atoms. The standard InChI is InChI=1S/C16H22N2O4/c1-10(2)22-14-9-13(16(14,3)4)17-15(19)11-6-5-7-12(8-11)18(20)21/h5-8,10,13-14H,9H2,1-4H3,(H,17,19)/t13-,14-/m1/s1. The quantitative estimate of drug-likeness (QED) is 0.670. The maximum atomic E-state index is 12.3. The van der Waals surface area contributed by atoms with Gasteiger partial charge in [0.15, 0.2) is 0 Å². The fraction of sp³-hybridized carbons (Fsp3) is 0.562. The minimum atomic E-state index is -0.503. The predicted molar refractivity (Wildman–Crippen MR) is 82.8 cm³/mol. The summed E-state index contributed by atoms with van der Waals surface area (Å²) in [5.74, 6) is -0.287. The van der Waals surface area contributed by atoms with Crippen molar-refractivity contribution in [3.8, 4) is 0 Å². The number of nitrogens with zero attached hydrogens (tertiary/aromatic N) is 1. The van der Waals surface area contributed by atoms with E-state index in [9.17, 15) is 14.9 Å². The second-order valence-electron chi connectivity index (χ2n) is 6.56. The molecule has 0 radical (unpaired) electrons. The molecule has 1 aliphatic rings. The molecule has 1 aliphatic carbocycles. The number of nitro benzene ring substituents is 1. The summed E-state index contributed by atoms with van der Waals surface area (Å²) in [4.78, 5) is 22.5. The lowest BCUT2D eigenvalue weighted by molar-refractivity contribution is -0.384. The van der Waals surface area contributed by atoms with Crippen molar-refractivity contribution in [2.24, 2.45) is 5.41 Å². The van der Waals surface area contributed by atoms with Crippen molar-refractivity contribution < 1.29 is 14.5 Å². The number of carbonyl (C=O) groups excluding carboxylic acids is 1. The van der Waals surface area contributed by atoms with Gasteiger partial charge in [0.05, 0.1) is 17.1 Å². The van der Waals surface area contributed by atoms with Crippen LogP contribution in [-0.4, -0.2) is 29.1 Å². The lowest BCUT2D eigenvalue weighted by atomic mass is 9.64. The predicted octanol–water partition coefficient (Wildman–Crippen LogP) is 2.92. The van der Waals surface area contributed by atoms with Crippen LogP contribution in [0.4, 0.5) is 5.69 Å². The van der Waals surface area contributed by atoms with Crippen molar-refractivity contribution >= 4 is 11.6 Å². The molecule has 2 rings (SSSR count). The number of amides is 1. The van der Waals surface area contributed by atoms with Crippen molar-refractivity contribution in [2.45, 2.75) is 52.4 Å². The van der Waals surface area contributed by atoms with Gasteiger partial charge >= 0.3 is 0 Å². The normalized spacial score (nSPS) is 23.0. The highest BCUT2D eigenvalue weighted by molar-refractivity contribution is 5.95. The summed E-state index contributed by atoms with van der Waals surface area (Å²) in [5, 5.41) is 13.7. The van der Waals surface area contributed by atoms with Gasteiger partial charge in [0.2, 0.25) is 0 Å². The summed E-state index contributed by atoms with van der Waals surface area (Å²) in [6.07, 6.45) is 1.02.